The molecule has 0 aliphatic rings. The van der Waals surface area contributed by atoms with E-state index in [1.54, 1.807) is 0 Å². The molecule has 0 aliphatic heterocycles. The molecule has 0 saturated heterocycles. The molecule has 1 N–H and O–H groups in total. The van der Waals surface area contributed by atoms with Gasteiger partial charge in [0.2, 0.25) is 0 Å². The van der Waals surface area contributed by atoms with Crippen molar-refractivity contribution in [2.45, 2.75) is 0 Å². The van der Waals surface area contributed by atoms with Gasteiger partial charge in [-0.2, -0.15) is 0 Å². The predicted octanol–water partition coefficient (Wildman–Crippen LogP) is 3.61. The molecular formula is C9H9BrIN. The number of benzene rings is 1. The second-order valence-corrected chi connectivity index (χ2v) is 4.63. The number of anilines is 1. The number of nitrogens with one attached hydrogen (secondary N) is 1. The Hall–Kier alpha value is -0.0300. The Balaban J connectivity index is 2.63. The first-order chi connectivity index (χ1) is 5.70. The minimum Gasteiger partial charge on any atom is -0.380 e. The van der Waals surface area contributed by atoms with Crippen LogP contribution in [0.25, 0.3) is 0 Å². The molecule has 1 aromatic rings. The summed E-state index contributed by atoms with van der Waals surface area (Å²) in [7, 11) is 0. The Bertz CT molecular complexity index is 286. The molecule has 12 heavy (non-hydrogen) atoms. The van der Waals surface area contributed by atoms with Crippen molar-refractivity contribution in [1.82, 2.24) is 0 Å². The van der Waals surface area contributed by atoms with Crippen LogP contribution in [-0.2, 0) is 0 Å². The molecule has 0 bridgehead atoms. The Morgan fingerprint density at radius 2 is 2.17 bits per heavy atom. The lowest BCUT2D eigenvalue weighted by molar-refractivity contribution is 1.32. The topological polar surface area (TPSA) is 12.0 Å². The number of hydrogen-bond donors (Lipinski definition) is 1. The lowest BCUT2D eigenvalue weighted by Crippen LogP contribution is -2.01. The third-order valence-electron chi connectivity index (χ3n) is 1.34. The van der Waals surface area contributed by atoms with Crippen LogP contribution in [0.2, 0.25) is 0 Å². The van der Waals surface area contributed by atoms with Crippen LogP contribution < -0.4 is 5.32 Å². The molecule has 64 valence electrons. The van der Waals surface area contributed by atoms with E-state index < -0.39 is 0 Å². The molecule has 0 heterocycles. The maximum absolute atomic E-state index is 3.75. The summed E-state index contributed by atoms with van der Waals surface area (Å²) in [6.07, 6.45) is 0. The lowest BCUT2D eigenvalue weighted by Gasteiger charge is -2.06. The molecule has 0 amide bonds. The maximum atomic E-state index is 3.75. The monoisotopic (exact) mass is 337 g/mol. The Kier molecular flexibility index (Phi) is 4.08. The van der Waals surface area contributed by atoms with Gasteiger partial charge in [0, 0.05) is 20.3 Å². The normalized spacial score (nSPS) is 9.50. The Labute approximate surface area is 94.5 Å². The third-order valence-corrected chi connectivity index (χ3v) is 2.57. The van der Waals surface area contributed by atoms with Gasteiger partial charge in [-0.1, -0.05) is 34.6 Å². The van der Waals surface area contributed by atoms with Crippen molar-refractivity contribution in [2.24, 2.45) is 0 Å². The minimum absolute atomic E-state index is 0.764. The van der Waals surface area contributed by atoms with Crippen molar-refractivity contribution >= 4 is 44.2 Å². The zero-order valence-corrected chi connectivity index (χ0v) is 10.2. The van der Waals surface area contributed by atoms with Crippen LogP contribution in [0, 0.1) is 3.57 Å². The summed E-state index contributed by atoms with van der Waals surface area (Å²) in [4.78, 5) is 0. The van der Waals surface area contributed by atoms with Crippen molar-refractivity contribution in [3.8, 4) is 0 Å². The van der Waals surface area contributed by atoms with Crippen molar-refractivity contribution in [1.29, 1.82) is 0 Å². The van der Waals surface area contributed by atoms with E-state index in [0.29, 0.717) is 0 Å². The fraction of sp³-hybridized carbons (Fsp3) is 0.111. The second-order valence-electron chi connectivity index (χ2n) is 2.35. The first-order valence-electron chi connectivity index (χ1n) is 3.52. The zero-order valence-electron chi connectivity index (χ0n) is 6.48. The molecule has 1 nitrogen and oxygen atoms in total. The van der Waals surface area contributed by atoms with E-state index in [-0.39, 0.29) is 0 Å². The van der Waals surface area contributed by atoms with E-state index in [2.05, 4.69) is 62.5 Å². The van der Waals surface area contributed by atoms with Gasteiger partial charge in [-0.3, -0.25) is 0 Å². The van der Waals surface area contributed by atoms with Gasteiger partial charge in [0.25, 0.3) is 0 Å². The van der Waals surface area contributed by atoms with E-state index in [1.807, 2.05) is 12.1 Å². The smallest absolute Gasteiger partial charge is 0.0478 e. The van der Waals surface area contributed by atoms with Crippen LogP contribution >= 0.6 is 38.5 Å². The third kappa shape index (κ3) is 3.15. The molecular weight excluding hydrogens is 329 g/mol. The van der Waals surface area contributed by atoms with E-state index in [9.17, 15) is 0 Å². The van der Waals surface area contributed by atoms with Crippen LogP contribution in [0.5, 0.6) is 0 Å². The first kappa shape index (κ1) is 10.1. The lowest BCUT2D eigenvalue weighted by atomic mass is 10.3. The predicted molar refractivity (Wildman–Crippen MR) is 65.7 cm³/mol. The summed E-state index contributed by atoms with van der Waals surface area (Å²) in [5, 5.41) is 3.26. The summed E-state index contributed by atoms with van der Waals surface area (Å²) >= 11 is 5.60. The van der Waals surface area contributed by atoms with E-state index >= 15 is 0 Å². The molecule has 0 unspecified atom stereocenters. The summed E-state index contributed by atoms with van der Waals surface area (Å²) in [6, 6.07) is 8.16. The standard InChI is InChI=1S/C9H9BrIN/c1-7(10)6-12-9-5-3-2-4-8(9)11/h2-5,12H,1,6H2. The highest BCUT2D eigenvalue weighted by atomic mass is 127. The van der Waals surface area contributed by atoms with Crippen molar-refractivity contribution in [2.75, 3.05) is 11.9 Å². The molecule has 0 atom stereocenters. The van der Waals surface area contributed by atoms with Crippen molar-refractivity contribution < 1.29 is 0 Å². The van der Waals surface area contributed by atoms with Crippen molar-refractivity contribution in [3.05, 3.63) is 38.9 Å². The van der Waals surface area contributed by atoms with Gasteiger partial charge in [0.15, 0.2) is 0 Å². The van der Waals surface area contributed by atoms with Crippen molar-refractivity contribution in [3.63, 3.8) is 0 Å². The number of hydrogen-bond acceptors (Lipinski definition) is 1. The highest BCUT2D eigenvalue weighted by molar-refractivity contribution is 14.1. The van der Waals surface area contributed by atoms with Gasteiger partial charge in [-0.05, 0) is 34.7 Å². The minimum atomic E-state index is 0.764. The molecule has 0 fully saturated rings. The Morgan fingerprint density at radius 1 is 1.50 bits per heavy atom. The van der Waals surface area contributed by atoms with Crippen LogP contribution in [0.4, 0.5) is 5.69 Å². The van der Waals surface area contributed by atoms with Gasteiger partial charge < -0.3 is 5.32 Å². The fourth-order valence-electron chi connectivity index (χ4n) is 0.796. The quantitative estimate of drug-likeness (QED) is 0.831. The molecule has 1 aromatic carbocycles. The van der Waals surface area contributed by atoms with Gasteiger partial charge in [0.05, 0.1) is 0 Å². The molecule has 0 saturated carbocycles. The van der Waals surface area contributed by atoms with Gasteiger partial charge >= 0.3 is 0 Å². The SMILES string of the molecule is C=C(Br)CNc1ccccc1I. The molecule has 3 heteroatoms. The van der Waals surface area contributed by atoms with E-state index in [4.69, 9.17) is 0 Å². The summed E-state index contributed by atoms with van der Waals surface area (Å²) in [5.74, 6) is 0. The molecule has 1 rings (SSSR count). The molecule has 0 aromatic heterocycles. The van der Waals surface area contributed by atoms with E-state index in [0.717, 1.165) is 16.7 Å². The molecule has 0 spiro atoms. The first-order valence-corrected chi connectivity index (χ1v) is 5.39. The number of para-hydroxylation sites is 1. The van der Waals surface area contributed by atoms with Gasteiger partial charge in [-0.25, -0.2) is 0 Å². The zero-order chi connectivity index (χ0) is 8.97. The van der Waals surface area contributed by atoms with Gasteiger partial charge in [0.1, 0.15) is 0 Å². The van der Waals surface area contributed by atoms with Crippen LogP contribution in [0.15, 0.2) is 35.3 Å². The maximum Gasteiger partial charge on any atom is 0.0478 e. The average Bonchev–Trinajstić information content (AvgIpc) is 2.03. The Morgan fingerprint density at radius 3 is 2.75 bits per heavy atom. The van der Waals surface area contributed by atoms with Gasteiger partial charge in [-0.15, -0.1) is 0 Å². The summed E-state index contributed by atoms with van der Waals surface area (Å²) in [5.41, 5.74) is 1.15. The second kappa shape index (κ2) is 4.87. The molecule has 0 radical (unpaired) electrons. The van der Waals surface area contributed by atoms with Crippen LogP contribution in [-0.4, -0.2) is 6.54 Å². The van der Waals surface area contributed by atoms with E-state index in [1.165, 1.54) is 3.57 Å². The largest absolute Gasteiger partial charge is 0.380 e. The highest BCUT2D eigenvalue weighted by Crippen LogP contribution is 2.17. The summed E-state index contributed by atoms with van der Waals surface area (Å²) < 4.78 is 2.19. The summed E-state index contributed by atoms with van der Waals surface area (Å²) in [6.45, 7) is 4.52. The fourth-order valence-corrected chi connectivity index (χ4v) is 1.51. The number of halogens is 2. The average molecular weight is 338 g/mol. The molecule has 0 aliphatic carbocycles. The van der Waals surface area contributed by atoms with Crippen LogP contribution in [0.1, 0.15) is 0 Å². The number of rotatable bonds is 3. The van der Waals surface area contributed by atoms with Crippen LogP contribution in [0.3, 0.4) is 0 Å². The highest BCUT2D eigenvalue weighted by Gasteiger charge is 1.95.